The number of anilines is 1. The summed E-state index contributed by atoms with van der Waals surface area (Å²) < 4.78 is 0. The lowest BCUT2D eigenvalue weighted by Crippen LogP contribution is -2.41. The van der Waals surface area contributed by atoms with Crippen molar-refractivity contribution < 1.29 is 19.2 Å². The molecule has 2 heterocycles. The van der Waals surface area contributed by atoms with Crippen LogP contribution in [0.3, 0.4) is 0 Å². The summed E-state index contributed by atoms with van der Waals surface area (Å²) in [5.74, 6) is -1.57. The number of primary amides is 1. The highest BCUT2D eigenvalue weighted by atomic mass is 16.2. The second-order valence-corrected chi connectivity index (χ2v) is 7.96. The molecule has 0 radical (unpaired) electrons. The fraction of sp³-hybridized carbons (Fsp3) is 0.304. The van der Waals surface area contributed by atoms with Crippen LogP contribution in [-0.4, -0.2) is 41.6 Å². The molecule has 2 aliphatic rings. The highest BCUT2D eigenvalue weighted by Gasteiger charge is 2.38. The van der Waals surface area contributed by atoms with E-state index in [-0.39, 0.29) is 29.2 Å². The van der Waals surface area contributed by atoms with Gasteiger partial charge in [-0.1, -0.05) is 12.1 Å². The highest BCUT2D eigenvalue weighted by Crippen LogP contribution is 2.32. The minimum absolute atomic E-state index is 0.209. The van der Waals surface area contributed by atoms with Crippen molar-refractivity contribution in [2.75, 3.05) is 18.0 Å². The Bertz CT molecular complexity index is 1080. The molecular formula is C23H23N3O4. The SMILES string of the molecule is Cc1ccc(C)c(N2C(=O)c3ccc(C(=O)N4CCC(C(N)=O)CC4)cc3C2=O)c1. The molecule has 30 heavy (non-hydrogen) atoms. The van der Waals surface area contributed by atoms with Crippen LogP contribution < -0.4 is 10.6 Å². The Morgan fingerprint density at radius 3 is 2.27 bits per heavy atom. The van der Waals surface area contributed by atoms with Crippen LogP contribution in [0.15, 0.2) is 36.4 Å². The third-order valence-electron chi connectivity index (χ3n) is 5.92. The van der Waals surface area contributed by atoms with Gasteiger partial charge in [-0.2, -0.15) is 0 Å². The number of carbonyl (C=O) groups is 4. The summed E-state index contributed by atoms with van der Waals surface area (Å²) in [6, 6.07) is 10.2. The predicted octanol–water partition coefficient (Wildman–Crippen LogP) is 2.44. The summed E-state index contributed by atoms with van der Waals surface area (Å²) in [7, 11) is 0. The van der Waals surface area contributed by atoms with E-state index in [0.717, 1.165) is 11.1 Å². The molecule has 2 aromatic carbocycles. The first-order valence-corrected chi connectivity index (χ1v) is 9.96. The van der Waals surface area contributed by atoms with Crippen molar-refractivity contribution in [2.24, 2.45) is 11.7 Å². The second-order valence-electron chi connectivity index (χ2n) is 7.96. The summed E-state index contributed by atoms with van der Waals surface area (Å²) in [4.78, 5) is 53.1. The molecule has 0 saturated carbocycles. The van der Waals surface area contributed by atoms with Crippen molar-refractivity contribution in [2.45, 2.75) is 26.7 Å². The third-order valence-corrected chi connectivity index (χ3v) is 5.92. The molecule has 1 fully saturated rings. The van der Waals surface area contributed by atoms with E-state index in [4.69, 9.17) is 5.73 Å². The Labute approximate surface area is 174 Å². The molecule has 0 spiro atoms. The standard InChI is InChI=1S/C23H23N3O4/c1-13-3-4-14(2)19(11-13)26-22(29)17-6-5-16(12-18(17)23(26)30)21(28)25-9-7-15(8-10-25)20(24)27/h3-6,11-12,15H,7-10H2,1-2H3,(H2,24,27). The summed E-state index contributed by atoms with van der Waals surface area (Å²) in [5, 5.41) is 0. The van der Waals surface area contributed by atoms with E-state index in [1.54, 1.807) is 17.0 Å². The van der Waals surface area contributed by atoms with Crippen molar-refractivity contribution >= 4 is 29.3 Å². The van der Waals surface area contributed by atoms with Crippen LogP contribution in [0.4, 0.5) is 5.69 Å². The lowest BCUT2D eigenvalue weighted by Gasteiger charge is -2.30. The average Bonchev–Trinajstić information content (AvgIpc) is 2.99. The topological polar surface area (TPSA) is 101 Å². The Morgan fingerprint density at radius 2 is 1.60 bits per heavy atom. The Morgan fingerprint density at radius 1 is 0.933 bits per heavy atom. The number of rotatable bonds is 3. The van der Waals surface area contributed by atoms with Gasteiger partial charge in [0, 0.05) is 24.6 Å². The molecule has 2 aliphatic heterocycles. The summed E-state index contributed by atoms with van der Waals surface area (Å²) in [6.07, 6.45) is 1.06. The molecule has 0 bridgehead atoms. The number of imide groups is 1. The van der Waals surface area contributed by atoms with Gasteiger partial charge >= 0.3 is 0 Å². The Hall–Kier alpha value is -3.48. The van der Waals surface area contributed by atoms with Crippen molar-refractivity contribution in [3.63, 3.8) is 0 Å². The number of benzene rings is 2. The number of aryl methyl sites for hydroxylation is 2. The number of amides is 4. The normalized spacial score (nSPS) is 16.7. The Balaban J connectivity index is 1.60. The van der Waals surface area contributed by atoms with Gasteiger partial charge < -0.3 is 10.6 Å². The lowest BCUT2D eigenvalue weighted by molar-refractivity contribution is -0.123. The van der Waals surface area contributed by atoms with Crippen LogP contribution in [0, 0.1) is 19.8 Å². The molecule has 0 aliphatic carbocycles. The lowest BCUT2D eigenvalue weighted by atomic mass is 9.95. The molecule has 0 aromatic heterocycles. The second kappa shape index (κ2) is 7.40. The predicted molar refractivity (Wildman–Crippen MR) is 111 cm³/mol. The number of carbonyl (C=O) groups excluding carboxylic acids is 4. The number of hydrogen-bond acceptors (Lipinski definition) is 4. The minimum Gasteiger partial charge on any atom is -0.369 e. The van der Waals surface area contributed by atoms with Gasteiger partial charge in [-0.05, 0) is 62.1 Å². The zero-order valence-corrected chi connectivity index (χ0v) is 17.0. The molecule has 154 valence electrons. The van der Waals surface area contributed by atoms with Gasteiger partial charge in [-0.3, -0.25) is 19.2 Å². The maximum Gasteiger partial charge on any atom is 0.266 e. The molecule has 2 aromatic rings. The number of nitrogens with zero attached hydrogens (tertiary/aromatic N) is 2. The summed E-state index contributed by atoms with van der Waals surface area (Å²) >= 11 is 0. The molecule has 0 unspecified atom stereocenters. The van der Waals surface area contributed by atoms with Gasteiger partial charge in [0.2, 0.25) is 5.91 Å². The van der Waals surface area contributed by atoms with Crippen molar-refractivity contribution in [3.05, 3.63) is 64.2 Å². The van der Waals surface area contributed by atoms with Crippen LogP contribution in [-0.2, 0) is 4.79 Å². The van der Waals surface area contributed by atoms with Gasteiger partial charge in [0.1, 0.15) is 0 Å². The molecular weight excluding hydrogens is 382 g/mol. The van der Waals surface area contributed by atoms with E-state index in [9.17, 15) is 19.2 Å². The maximum absolute atomic E-state index is 13.1. The van der Waals surface area contributed by atoms with Crippen molar-refractivity contribution in [1.29, 1.82) is 0 Å². The van der Waals surface area contributed by atoms with Crippen molar-refractivity contribution in [1.82, 2.24) is 4.90 Å². The van der Waals surface area contributed by atoms with E-state index < -0.39 is 5.91 Å². The quantitative estimate of drug-likeness (QED) is 0.793. The first kappa shape index (κ1) is 19.8. The fourth-order valence-corrected chi connectivity index (χ4v) is 4.10. The fourth-order valence-electron chi connectivity index (χ4n) is 4.10. The molecule has 7 heteroatoms. The van der Waals surface area contributed by atoms with Gasteiger partial charge in [0.15, 0.2) is 0 Å². The van der Waals surface area contributed by atoms with Crippen LogP contribution in [0.25, 0.3) is 0 Å². The first-order chi connectivity index (χ1) is 14.3. The van der Waals surface area contributed by atoms with Gasteiger partial charge in [-0.25, -0.2) is 4.90 Å². The third kappa shape index (κ3) is 3.26. The maximum atomic E-state index is 13.1. The van der Waals surface area contributed by atoms with E-state index in [1.165, 1.54) is 11.0 Å². The zero-order valence-electron chi connectivity index (χ0n) is 17.0. The summed E-state index contributed by atoms with van der Waals surface area (Å²) in [6.45, 7) is 4.62. The number of likely N-dealkylation sites (tertiary alicyclic amines) is 1. The smallest absolute Gasteiger partial charge is 0.266 e. The number of hydrogen-bond donors (Lipinski definition) is 1. The number of fused-ring (bicyclic) bond motifs is 1. The average molecular weight is 405 g/mol. The monoisotopic (exact) mass is 405 g/mol. The summed E-state index contributed by atoms with van der Waals surface area (Å²) in [5.41, 5.74) is 8.57. The number of piperidine rings is 1. The largest absolute Gasteiger partial charge is 0.369 e. The first-order valence-electron chi connectivity index (χ1n) is 9.96. The molecule has 1 saturated heterocycles. The van der Waals surface area contributed by atoms with E-state index in [2.05, 4.69) is 0 Å². The van der Waals surface area contributed by atoms with E-state index in [1.807, 2.05) is 32.0 Å². The van der Waals surface area contributed by atoms with Gasteiger partial charge in [0.25, 0.3) is 17.7 Å². The van der Waals surface area contributed by atoms with Crippen molar-refractivity contribution in [3.8, 4) is 0 Å². The Kier molecular flexibility index (Phi) is 4.89. The van der Waals surface area contributed by atoms with E-state index >= 15 is 0 Å². The van der Waals surface area contributed by atoms with Crippen LogP contribution in [0.1, 0.15) is 55.0 Å². The van der Waals surface area contributed by atoms with Gasteiger partial charge in [-0.15, -0.1) is 0 Å². The highest BCUT2D eigenvalue weighted by molar-refractivity contribution is 6.35. The molecule has 7 nitrogen and oxygen atoms in total. The van der Waals surface area contributed by atoms with Crippen LogP contribution >= 0.6 is 0 Å². The van der Waals surface area contributed by atoms with Crippen LogP contribution in [0.2, 0.25) is 0 Å². The molecule has 4 rings (SSSR count). The zero-order chi connectivity index (χ0) is 21.6. The van der Waals surface area contributed by atoms with E-state index in [0.29, 0.717) is 42.7 Å². The molecule has 4 amide bonds. The number of nitrogens with two attached hydrogens (primary N) is 1. The van der Waals surface area contributed by atoms with Crippen LogP contribution in [0.5, 0.6) is 0 Å². The molecule has 0 atom stereocenters. The minimum atomic E-state index is -0.425. The molecule has 2 N–H and O–H groups in total. The van der Waals surface area contributed by atoms with Gasteiger partial charge in [0.05, 0.1) is 16.8 Å².